The predicted octanol–water partition coefficient (Wildman–Crippen LogP) is 1.79. The molecule has 1 aromatic rings. The second-order valence-electron chi connectivity index (χ2n) is 3.06. The summed E-state index contributed by atoms with van der Waals surface area (Å²) in [6, 6.07) is 4.14. The van der Waals surface area contributed by atoms with Crippen LogP contribution in [-0.2, 0) is 4.79 Å². The Bertz CT molecular complexity index is 370. The van der Waals surface area contributed by atoms with Crippen molar-refractivity contribution >= 4 is 23.2 Å². The van der Waals surface area contributed by atoms with Gasteiger partial charge in [-0.15, -0.1) is 0 Å². The fourth-order valence-corrected chi connectivity index (χ4v) is 1.43. The Kier molecular flexibility index (Phi) is 4.05. The summed E-state index contributed by atoms with van der Waals surface area (Å²) in [7, 11) is 0. The maximum absolute atomic E-state index is 12.9. The molecule has 0 spiro atoms. The number of amides is 1. The van der Waals surface area contributed by atoms with Crippen molar-refractivity contribution in [3.8, 4) is 0 Å². The highest BCUT2D eigenvalue weighted by Gasteiger charge is 2.11. The van der Waals surface area contributed by atoms with Crippen molar-refractivity contribution in [2.75, 3.05) is 18.0 Å². The normalized spacial score (nSPS) is 10.1. The number of carbonyl (C=O) groups excluding carboxylic acids is 1. The van der Waals surface area contributed by atoms with E-state index < -0.39 is 5.82 Å². The van der Waals surface area contributed by atoms with E-state index in [0.717, 1.165) is 0 Å². The first-order chi connectivity index (χ1) is 7.06. The first-order valence-electron chi connectivity index (χ1n) is 4.49. The molecule has 1 amide bonds. The maximum Gasteiger partial charge on any atom is 0.223 e. The Morgan fingerprint density at radius 1 is 1.60 bits per heavy atom. The molecule has 5 heteroatoms. The third-order valence-corrected chi connectivity index (χ3v) is 2.24. The summed E-state index contributed by atoms with van der Waals surface area (Å²) in [6.07, 6.45) is 0. The summed E-state index contributed by atoms with van der Waals surface area (Å²) in [4.78, 5) is 12.7. The monoisotopic (exact) mass is 230 g/mol. The van der Waals surface area contributed by atoms with Crippen LogP contribution in [0.3, 0.4) is 0 Å². The lowest BCUT2D eigenvalue weighted by Crippen LogP contribution is -2.33. The molecule has 0 bridgehead atoms. The molecule has 1 rings (SSSR count). The van der Waals surface area contributed by atoms with E-state index in [1.807, 2.05) is 0 Å². The molecule has 0 fully saturated rings. The summed E-state index contributed by atoms with van der Waals surface area (Å²) >= 11 is 5.62. The molecule has 0 saturated carbocycles. The number of nitrogens with two attached hydrogens (primary N) is 1. The Morgan fingerprint density at radius 3 is 2.73 bits per heavy atom. The first kappa shape index (κ1) is 11.9. The smallest absolute Gasteiger partial charge is 0.223 e. The minimum atomic E-state index is -0.503. The van der Waals surface area contributed by atoms with E-state index in [1.54, 1.807) is 0 Å². The standard InChI is InChI=1S/C10H12ClFN2O/c1-7(15)14(5-4-13)8-2-3-10(12)9(11)6-8/h2-3,6H,4-5,13H2,1H3. The fourth-order valence-electron chi connectivity index (χ4n) is 1.25. The number of carbonyl (C=O) groups is 1. The van der Waals surface area contributed by atoms with E-state index in [4.69, 9.17) is 17.3 Å². The summed E-state index contributed by atoms with van der Waals surface area (Å²) in [5.74, 6) is -0.653. The number of anilines is 1. The Hall–Kier alpha value is -1.13. The minimum absolute atomic E-state index is 0.00392. The van der Waals surface area contributed by atoms with Crippen LogP contribution >= 0.6 is 11.6 Å². The van der Waals surface area contributed by atoms with Gasteiger partial charge < -0.3 is 10.6 Å². The van der Waals surface area contributed by atoms with Crippen LogP contribution in [0.2, 0.25) is 5.02 Å². The highest BCUT2D eigenvalue weighted by Crippen LogP contribution is 2.22. The topological polar surface area (TPSA) is 46.3 Å². The average Bonchev–Trinajstić information content (AvgIpc) is 2.18. The summed E-state index contributed by atoms with van der Waals surface area (Å²) in [5, 5.41) is -0.00392. The second kappa shape index (κ2) is 5.09. The molecule has 1 aromatic carbocycles. The average molecular weight is 231 g/mol. The fraction of sp³-hybridized carbons (Fsp3) is 0.300. The van der Waals surface area contributed by atoms with Crippen LogP contribution in [0, 0.1) is 5.82 Å². The van der Waals surface area contributed by atoms with E-state index in [2.05, 4.69) is 0 Å². The molecular weight excluding hydrogens is 219 g/mol. The molecule has 0 unspecified atom stereocenters. The molecule has 15 heavy (non-hydrogen) atoms. The first-order valence-corrected chi connectivity index (χ1v) is 4.87. The lowest BCUT2D eigenvalue weighted by Gasteiger charge is -2.20. The van der Waals surface area contributed by atoms with E-state index >= 15 is 0 Å². The van der Waals surface area contributed by atoms with E-state index in [-0.39, 0.29) is 10.9 Å². The van der Waals surface area contributed by atoms with Crippen LogP contribution in [0.15, 0.2) is 18.2 Å². The van der Waals surface area contributed by atoms with E-state index in [9.17, 15) is 9.18 Å². The van der Waals surface area contributed by atoms with Crippen LogP contribution in [0.25, 0.3) is 0 Å². The number of nitrogens with zero attached hydrogens (tertiary/aromatic N) is 1. The van der Waals surface area contributed by atoms with E-state index in [0.29, 0.717) is 18.8 Å². The quantitative estimate of drug-likeness (QED) is 0.861. The molecule has 2 N–H and O–H groups in total. The molecule has 0 aliphatic carbocycles. The van der Waals surface area contributed by atoms with Gasteiger partial charge in [0, 0.05) is 25.7 Å². The highest BCUT2D eigenvalue weighted by molar-refractivity contribution is 6.31. The van der Waals surface area contributed by atoms with Crippen molar-refractivity contribution in [1.82, 2.24) is 0 Å². The van der Waals surface area contributed by atoms with Crippen LogP contribution in [-0.4, -0.2) is 19.0 Å². The summed E-state index contributed by atoms with van der Waals surface area (Å²) in [6.45, 7) is 2.15. The molecule has 0 aliphatic rings. The van der Waals surface area contributed by atoms with Gasteiger partial charge in [0.15, 0.2) is 0 Å². The van der Waals surface area contributed by atoms with Crippen LogP contribution in [0.1, 0.15) is 6.92 Å². The maximum atomic E-state index is 12.9. The number of benzene rings is 1. The van der Waals surface area contributed by atoms with E-state index in [1.165, 1.54) is 30.0 Å². The lowest BCUT2D eigenvalue weighted by molar-refractivity contribution is -0.116. The Balaban J connectivity index is 3.01. The van der Waals surface area contributed by atoms with Crippen molar-refractivity contribution < 1.29 is 9.18 Å². The third-order valence-electron chi connectivity index (χ3n) is 1.95. The highest BCUT2D eigenvalue weighted by atomic mass is 35.5. The van der Waals surface area contributed by atoms with Crippen molar-refractivity contribution in [2.24, 2.45) is 5.73 Å². The SMILES string of the molecule is CC(=O)N(CCN)c1ccc(F)c(Cl)c1. The molecular formula is C10H12ClFN2O. The van der Waals surface area contributed by atoms with Crippen molar-refractivity contribution in [3.05, 3.63) is 29.0 Å². The molecule has 0 aromatic heterocycles. The molecule has 0 saturated heterocycles. The van der Waals surface area contributed by atoms with Gasteiger partial charge in [0.25, 0.3) is 0 Å². The zero-order chi connectivity index (χ0) is 11.4. The molecule has 0 atom stereocenters. The zero-order valence-corrected chi connectivity index (χ0v) is 9.09. The van der Waals surface area contributed by atoms with Gasteiger partial charge in [0.1, 0.15) is 5.82 Å². The molecule has 3 nitrogen and oxygen atoms in total. The number of hydrogen-bond donors (Lipinski definition) is 1. The Labute approximate surface area is 92.6 Å². The Morgan fingerprint density at radius 2 is 2.27 bits per heavy atom. The van der Waals surface area contributed by atoms with Gasteiger partial charge in [0.05, 0.1) is 5.02 Å². The largest absolute Gasteiger partial charge is 0.329 e. The van der Waals surface area contributed by atoms with Crippen molar-refractivity contribution in [1.29, 1.82) is 0 Å². The molecule has 0 heterocycles. The van der Waals surface area contributed by atoms with Crippen molar-refractivity contribution in [2.45, 2.75) is 6.92 Å². The van der Waals surface area contributed by atoms with Gasteiger partial charge in [0.2, 0.25) is 5.91 Å². The second-order valence-corrected chi connectivity index (χ2v) is 3.46. The third kappa shape index (κ3) is 2.91. The van der Waals surface area contributed by atoms with Crippen molar-refractivity contribution in [3.63, 3.8) is 0 Å². The van der Waals surface area contributed by atoms with Crippen LogP contribution in [0.4, 0.5) is 10.1 Å². The van der Waals surface area contributed by atoms with Crippen LogP contribution in [0.5, 0.6) is 0 Å². The van der Waals surface area contributed by atoms with Gasteiger partial charge in [-0.25, -0.2) is 4.39 Å². The predicted molar refractivity (Wildman–Crippen MR) is 58.5 cm³/mol. The zero-order valence-electron chi connectivity index (χ0n) is 8.34. The lowest BCUT2D eigenvalue weighted by atomic mass is 10.2. The van der Waals surface area contributed by atoms with Gasteiger partial charge in [-0.1, -0.05) is 11.6 Å². The van der Waals surface area contributed by atoms with Gasteiger partial charge in [-0.2, -0.15) is 0 Å². The number of halogens is 2. The number of rotatable bonds is 3. The summed E-state index contributed by atoms with van der Waals surface area (Å²) < 4.78 is 12.9. The van der Waals surface area contributed by atoms with Gasteiger partial charge in [-0.3, -0.25) is 4.79 Å². The molecule has 0 aliphatic heterocycles. The van der Waals surface area contributed by atoms with Crippen LogP contribution < -0.4 is 10.6 Å². The van der Waals surface area contributed by atoms with Gasteiger partial charge in [-0.05, 0) is 18.2 Å². The summed E-state index contributed by atoms with van der Waals surface area (Å²) in [5.41, 5.74) is 5.93. The number of hydrogen-bond acceptors (Lipinski definition) is 2. The minimum Gasteiger partial charge on any atom is -0.329 e. The van der Waals surface area contributed by atoms with Gasteiger partial charge >= 0.3 is 0 Å². The molecule has 82 valence electrons. The molecule has 0 radical (unpaired) electrons.